The topological polar surface area (TPSA) is 105 Å². The summed E-state index contributed by atoms with van der Waals surface area (Å²) >= 11 is 0. The van der Waals surface area contributed by atoms with E-state index in [0.717, 1.165) is 0 Å². The number of hydrogen-bond acceptors (Lipinski definition) is 4. The highest BCUT2D eigenvalue weighted by Crippen LogP contribution is 2.44. The quantitative estimate of drug-likeness (QED) is 0.398. The number of carboxylic acids is 1. The van der Waals surface area contributed by atoms with Crippen molar-refractivity contribution < 1.29 is 24.2 Å². The maximum Gasteiger partial charge on any atom is 0.407 e. The molecule has 34 heavy (non-hydrogen) atoms. The second-order valence-corrected chi connectivity index (χ2v) is 8.91. The highest BCUT2D eigenvalue weighted by atomic mass is 16.5. The Hall–Kier alpha value is -3.35. The van der Waals surface area contributed by atoms with Crippen LogP contribution in [0.4, 0.5) is 4.79 Å². The molecule has 0 bridgehead atoms. The van der Waals surface area contributed by atoms with E-state index >= 15 is 0 Å². The van der Waals surface area contributed by atoms with Crippen molar-refractivity contribution in [1.29, 1.82) is 0 Å². The Morgan fingerprint density at radius 2 is 1.62 bits per heavy atom. The number of hydrogen-bond donors (Lipinski definition) is 3. The number of alkyl carbamates (subject to hydrolysis) is 1. The zero-order chi connectivity index (χ0) is 24.5. The molecule has 1 aliphatic carbocycles. The van der Waals surface area contributed by atoms with E-state index in [1.165, 1.54) is 22.3 Å². The monoisotopic (exact) mass is 466 g/mol. The van der Waals surface area contributed by atoms with Crippen LogP contribution < -0.4 is 10.6 Å². The first-order valence-corrected chi connectivity index (χ1v) is 12.0. The maximum atomic E-state index is 12.3. The van der Waals surface area contributed by atoms with Gasteiger partial charge in [0, 0.05) is 31.3 Å². The van der Waals surface area contributed by atoms with E-state index in [-0.39, 0.29) is 36.7 Å². The summed E-state index contributed by atoms with van der Waals surface area (Å²) in [5, 5.41) is 14.5. The van der Waals surface area contributed by atoms with Gasteiger partial charge in [0.25, 0.3) is 0 Å². The molecule has 0 heterocycles. The van der Waals surface area contributed by atoms with Gasteiger partial charge in [-0.2, -0.15) is 0 Å². The lowest BCUT2D eigenvalue weighted by Crippen LogP contribution is -2.34. The number of carbonyl (C=O) groups is 3. The summed E-state index contributed by atoms with van der Waals surface area (Å²) in [6.45, 7) is 4.81. The molecule has 2 amide bonds. The van der Waals surface area contributed by atoms with Crippen LogP contribution >= 0.6 is 0 Å². The molecule has 0 fully saturated rings. The van der Waals surface area contributed by atoms with E-state index in [1.807, 2.05) is 38.1 Å². The van der Waals surface area contributed by atoms with E-state index in [9.17, 15) is 14.4 Å². The van der Waals surface area contributed by atoms with E-state index < -0.39 is 12.1 Å². The van der Waals surface area contributed by atoms with Crippen molar-refractivity contribution in [3.8, 4) is 11.1 Å². The molecule has 182 valence electrons. The Kier molecular flexibility index (Phi) is 9.08. The predicted octanol–water partition coefficient (Wildman–Crippen LogP) is 4.56. The number of fused-ring (bicyclic) bond motifs is 3. The van der Waals surface area contributed by atoms with Crippen LogP contribution in [-0.4, -0.2) is 42.8 Å². The number of ether oxygens (including phenoxy) is 1. The normalized spacial score (nSPS) is 13.9. The molecule has 2 aromatic carbocycles. The first kappa shape index (κ1) is 25.3. The Balaban J connectivity index is 1.37. The van der Waals surface area contributed by atoms with Crippen molar-refractivity contribution in [3.05, 3.63) is 59.7 Å². The number of carboxylic acid groups (broad SMARTS) is 1. The van der Waals surface area contributed by atoms with Crippen molar-refractivity contribution in [3.63, 3.8) is 0 Å². The lowest BCUT2D eigenvalue weighted by atomic mass is 9.98. The molecule has 7 nitrogen and oxygen atoms in total. The minimum Gasteiger partial charge on any atom is -0.481 e. The van der Waals surface area contributed by atoms with E-state index in [2.05, 4.69) is 34.9 Å². The Labute approximate surface area is 200 Å². The number of rotatable bonds is 12. The molecule has 2 aromatic rings. The number of nitrogens with one attached hydrogen (secondary N) is 2. The van der Waals surface area contributed by atoms with Gasteiger partial charge in [-0.25, -0.2) is 4.79 Å². The number of aliphatic carboxylic acids is 1. The first-order valence-electron chi connectivity index (χ1n) is 12.0. The smallest absolute Gasteiger partial charge is 0.407 e. The molecular formula is C27H34N2O5. The molecule has 0 radical (unpaired) electrons. The third-order valence-electron chi connectivity index (χ3n) is 6.48. The summed E-state index contributed by atoms with van der Waals surface area (Å²) in [6, 6.07) is 16.4. The Morgan fingerprint density at radius 3 is 2.21 bits per heavy atom. The van der Waals surface area contributed by atoms with Crippen LogP contribution in [0.1, 0.15) is 56.6 Å². The van der Waals surface area contributed by atoms with Crippen molar-refractivity contribution in [2.45, 2.75) is 45.4 Å². The van der Waals surface area contributed by atoms with Gasteiger partial charge in [0.05, 0.1) is 0 Å². The average molecular weight is 467 g/mol. The van der Waals surface area contributed by atoms with Crippen molar-refractivity contribution >= 4 is 18.0 Å². The summed E-state index contributed by atoms with van der Waals surface area (Å²) in [6.07, 6.45) is 1.55. The predicted molar refractivity (Wildman–Crippen MR) is 131 cm³/mol. The van der Waals surface area contributed by atoms with Gasteiger partial charge in [0.2, 0.25) is 5.91 Å². The van der Waals surface area contributed by atoms with Gasteiger partial charge in [0.15, 0.2) is 0 Å². The van der Waals surface area contributed by atoms with Gasteiger partial charge < -0.3 is 20.5 Å². The molecular weight excluding hydrogens is 432 g/mol. The van der Waals surface area contributed by atoms with Crippen LogP contribution in [0.5, 0.6) is 0 Å². The zero-order valence-electron chi connectivity index (χ0n) is 19.9. The van der Waals surface area contributed by atoms with Gasteiger partial charge in [-0.3, -0.25) is 9.59 Å². The van der Waals surface area contributed by atoms with Crippen molar-refractivity contribution in [1.82, 2.24) is 10.6 Å². The highest BCUT2D eigenvalue weighted by molar-refractivity contribution is 5.79. The average Bonchev–Trinajstić information content (AvgIpc) is 3.16. The van der Waals surface area contributed by atoms with Gasteiger partial charge in [-0.05, 0) is 41.0 Å². The highest BCUT2D eigenvalue weighted by Gasteiger charge is 2.29. The van der Waals surface area contributed by atoms with Crippen LogP contribution in [0.2, 0.25) is 0 Å². The van der Waals surface area contributed by atoms with Crippen LogP contribution in [0.3, 0.4) is 0 Å². The lowest BCUT2D eigenvalue weighted by molar-refractivity contribution is -0.138. The van der Waals surface area contributed by atoms with E-state index in [1.54, 1.807) is 0 Å². The number of amides is 2. The third kappa shape index (κ3) is 6.59. The third-order valence-corrected chi connectivity index (χ3v) is 6.48. The Bertz CT molecular complexity index is 961. The van der Waals surface area contributed by atoms with Gasteiger partial charge in [-0.1, -0.05) is 68.8 Å². The number of carbonyl (C=O) groups excluding carboxylic acids is 2. The maximum absolute atomic E-state index is 12.3. The summed E-state index contributed by atoms with van der Waals surface area (Å²) in [4.78, 5) is 35.3. The number of benzene rings is 2. The largest absolute Gasteiger partial charge is 0.481 e. The Morgan fingerprint density at radius 1 is 1.00 bits per heavy atom. The summed E-state index contributed by atoms with van der Waals surface area (Å²) < 4.78 is 5.53. The fraction of sp³-hybridized carbons (Fsp3) is 0.444. The fourth-order valence-corrected chi connectivity index (χ4v) is 4.41. The lowest BCUT2D eigenvalue weighted by Gasteiger charge is -2.17. The molecule has 3 N–H and O–H groups in total. The van der Waals surface area contributed by atoms with Gasteiger partial charge in [-0.15, -0.1) is 0 Å². The van der Waals surface area contributed by atoms with Gasteiger partial charge >= 0.3 is 12.1 Å². The summed E-state index contributed by atoms with van der Waals surface area (Å²) in [7, 11) is 0. The second-order valence-electron chi connectivity index (χ2n) is 8.91. The van der Waals surface area contributed by atoms with Gasteiger partial charge in [0.1, 0.15) is 6.61 Å². The molecule has 0 spiro atoms. The second kappa shape index (κ2) is 12.2. The first-order chi connectivity index (χ1) is 16.4. The fourth-order valence-electron chi connectivity index (χ4n) is 4.41. The molecule has 2 atom stereocenters. The summed E-state index contributed by atoms with van der Waals surface area (Å²) in [5.74, 6) is -1.20. The van der Waals surface area contributed by atoms with E-state index in [0.29, 0.717) is 32.4 Å². The van der Waals surface area contributed by atoms with Crippen LogP contribution in [0.15, 0.2) is 48.5 Å². The standard InChI is InChI=1S/C27H34N2O5/c1-3-19(15-25(30)31)16-29-26(32)18(2)9-8-14-28-27(33)34-17-24-22-12-6-4-10-20(22)21-11-5-7-13-23(21)24/h4-7,10-13,18-19,24H,3,8-9,14-17H2,1-2H3,(H,28,33)(H,29,32)(H,30,31). The van der Waals surface area contributed by atoms with Crippen molar-refractivity contribution in [2.24, 2.45) is 11.8 Å². The molecule has 7 heteroatoms. The molecule has 3 rings (SSSR count). The molecule has 1 aliphatic rings. The van der Waals surface area contributed by atoms with E-state index in [4.69, 9.17) is 9.84 Å². The molecule has 0 aromatic heterocycles. The zero-order valence-corrected chi connectivity index (χ0v) is 19.9. The summed E-state index contributed by atoms with van der Waals surface area (Å²) in [5.41, 5.74) is 4.72. The minimum absolute atomic E-state index is 0.0231. The minimum atomic E-state index is -0.853. The molecule has 2 unspecified atom stereocenters. The molecule has 0 saturated heterocycles. The molecule has 0 saturated carbocycles. The van der Waals surface area contributed by atoms with Crippen LogP contribution in [-0.2, 0) is 14.3 Å². The molecule has 0 aliphatic heterocycles. The van der Waals surface area contributed by atoms with Crippen LogP contribution in [0, 0.1) is 11.8 Å². The van der Waals surface area contributed by atoms with Crippen LogP contribution in [0.25, 0.3) is 11.1 Å². The SMILES string of the molecule is CCC(CNC(=O)C(C)CCCNC(=O)OCC1c2ccccc2-c2ccccc21)CC(=O)O. The van der Waals surface area contributed by atoms with Crippen molar-refractivity contribution in [2.75, 3.05) is 19.7 Å².